The zero-order valence-corrected chi connectivity index (χ0v) is 19.0. The van der Waals surface area contributed by atoms with Crippen LogP contribution in [0.5, 0.6) is 0 Å². The molecule has 0 bridgehead atoms. The lowest BCUT2D eigenvalue weighted by Crippen LogP contribution is -2.19. The molecule has 0 N–H and O–H groups in total. The number of rotatable bonds is 7. The third-order valence-electron chi connectivity index (χ3n) is 5.58. The first-order valence-corrected chi connectivity index (χ1v) is 10.8. The van der Waals surface area contributed by atoms with Crippen LogP contribution in [-0.2, 0) is 25.9 Å². The molecule has 0 amide bonds. The number of pyridine rings is 1. The molecule has 1 aromatic heterocycles. The normalized spacial score (nSPS) is 11.3. The van der Waals surface area contributed by atoms with E-state index in [4.69, 9.17) is 16.6 Å². The van der Waals surface area contributed by atoms with Crippen molar-refractivity contribution in [2.45, 2.75) is 53.6 Å². The van der Waals surface area contributed by atoms with Crippen LogP contribution in [0.1, 0.15) is 47.4 Å². The second-order valence-electron chi connectivity index (χ2n) is 7.85. The van der Waals surface area contributed by atoms with Gasteiger partial charge in [0.25, 0.3) is 0 Å². The van der Waals surface area contributed by atoms with Crippen LogP contribution < -0.4 is 0 Å². The average Bonchev–Trinajstić information content (AvgIpc) is 2.69. The van der Waals surface area contributed by atoms with Crippen molar-refractivity contribution < 1.29 is 0 Å². The van der Waals surface area contributed by atoms with Crippen LogP contribution in [0.25, 0.3) is 11.3 Å². The Balaban J connectivity index is 1.89. The fourth-order valence-corrected chi connectivity index (χ4v) is 4.28. The fourth-order valence-electron chi connectivity index (χ4n) is 4.07. The van der Waals surface area contributed by atoms with Crippen molar-refractivity contribution in [2.24, 2.45) is 0 Å². The molecule has 3 heteroatoms. The highest BCUT2D eigenvalue weighted by Gasteiger charge is 2.15. The number of benzene rings is 2. The molecule has 0 spiro atoms. The minimum absolute atomic E-state index is 0.788. The molecule has 0 aliphatic rings. The van der Waals surface area contributed by atoms with E-state index in [9.17, 15) is 0 Å². The number of aromatic nitrogens is 1. The van der Waals surface area contributed by atoms with Gasteiger partial charge in [-0.15, -0.1) is 0 Å². The first-order valence-electron chi connectivity index (χ1n) is 10.4. The summed E-state index contributed by atoms with van der Waals surface area (Å²) in [5, 5.41) is 0.788. The second-order valence-corrected chi connectivity index (χ2v) is 8.29. The van der Waals surface area contributed by atoms with Gasteiger partial charge >= 0.3 is 0 Å². The van der Waals surface area contributed by atoms with E-state index in [2.05, 4.69) is 70.0 Å². The molecular weight excluding hydrogens is 376 g/mol. The van der Waals surface area contributed by atoms with Gasteiger partial charge in [0.15, 0.2) is 0 Å². The molecule has 29 heavy (non-hydrogen) atoms. The number of hydrogen-bond acceptors (Lipinski definition) is 2. The molecule has 0 saturated carbocycles. The lowest BCUT2D eigenvalue weighted by Gasteiger charge is -2.21. The van der Waals surface area contributed by atoms with Gasteiger partial charge in [0.2, 0.25) is 0 Å². The summed E-state index contributed by atoms with van der Waals surface area (Å²) in [7, 11) is 2.15. The molecule has 0 aliphatic heterocycles. The average molecular weight is 407 g/mol. The molecule has 0 fully saturated rings. The molecule has 3 aromatic rings. The van der Waals surface area contributed by atoms with E-state index in [1.807, 2.05) is 18.2 Å². The van der Waals surface area contributed by atoms with Crippen molar-refractivity contribution >= 4 is 11.6 Å². The van der Waals surface area contributed by atoms with Gasteiger partial charge in [0.1, 0.15) is 0 Å². The van der Waals surface area contributed by atoms with E-state index in [0.717, 1.165) is 42.3 Å². The second kappa shape index (κ2) is 9.56. The van der Waals surface area contributed by atoms with Crippen LogP contribution in [0.15, 0.2) is 48.5 Å². The van der Waals surface area contributed by atoms with Crippen LogP contribution in [0.3, 0.4) is 0 Å². The largest absolute Gasteiger partial charge is 0.298 e. The quantitative estimate of drug-likeness (QED) is 0.430. The highest BCUT2D eigenvalue weighted by atomic mass is 35.5. The summed E-state index contributed by atoms with van der Waals surface area (Å²) < 4.78 is 0. The van der Waals surface area contributed by atoms with Crippen molar-refractivity contribution in [2.75, 3.05) is 7.05 Å². The number of nitrogens with zero attached hydrogens (tertiary/aromatic N) is 2. The minimum atomic E-state index is 0.788. The standard InChI is InChI=1S/C26H31ClN2/c1-6-21-11-9-12-22(7-2)26(21)25-14-18(3)24(19(4)28-25)17-29(5)16-20-10-8-13-23(27)15-20/h8-15H,6-7,16-17H2,1-5H3. The summed E-state index contributed by atoms with van der Waals surface area (Å²) in [5.41, 5.74) is 10.1. The zero-order chi connectivity index (χ0) is 21.0. The van der Waals surface area contributed by atoms with Crippen LogP contribution >= 0.6 is 11.6 Å². The molecule has 0 unspecified atom stereocenters. The van der Waals surface area contributed by atoms with Crippen LogP contribution in [-0.4, -0.2) is 16.9 Å². The van der Waals surface area contributed by atoms with E-state index in [-0.39, 0.29) is 0 Å². The Morgan fingerprint density at radius 2 is 1.55 bits per heavy atom. The molecule has 2 aromatic carbocycles. The predicted octanol–water partition coefficient (Wildman–Crippen LogP) is 6.78. The van der Waals surface area contributed by atoms with E-state index in [1.54, 1.807) is 0 Å². The highest BCUT2D eigenvalue weighted by Crippen LogP contribution is 2.30. The number of aryl methyl sites for hydroxylation is 4. The Hall–Kier alpha value is -2.16. The molecule has 0 radical (unpaired) electrons. The first-order chi connectivity index (χ1) is 13.9. The van der Waals surface area contributed by atoms with Crippen molar-refractivity contribution in [1.82, 2.24) is 9.88 Å². The maximum absolute atomic E-state index is 6.14. The Morgan fingerprint density at radius 1 is 0.897 bits per heavy atom. The summed E-state index contributed by atoms with van der Waals surface area (Å²) in [6, 6.07) is 17.0. The van der Waals surface area contributed by atoms with Gasteiger partial charge < -0.3 is 0 Å². The monoisotopic (exact) mass is 406 g/mol. The molecule has 0 saturated heterocycles. The Morgan fingerprint density at radius 3 is 2.14 bits per heavy atom. The summed E-state index contributed by atoms with van der Waals surface area (Å²) >= 11 is 6.14. The Bertz CT molecular complexity index is 948. The maximum atomic E-state index is 6.14. The minimum Gasteiger partial charge on any atom is -0.298 e. The van der Waals surface area contributed by atoms with Crippen LogP contribution in [0.2, 0.25) is 5.02 Å². The topological polar surface area (TPSA) is 16.1 Å². The highest BCUT2D eigenvalue weighted by molar-refractivity contribution is 6.30. The number of hydrogen-bond donors (Lipinski definition) is 0. The molecule has 0 atom stereocenters. The zero-order valence-electron chi connectivity index (χ0n) is 18.2. The Labute approximate surface area is 180 Å². The smallest absolute Gasteiger partial charge is 0.0713 e. The first kappa shape index (κ1) is 21.5. The molecule has 2 nitrogen and oxygen atoms in total. The summed E-state index contributed by atoms with van der Waals surface area (Å²) in [6.07, 6.45) is 2.04. The van der Waals surface area contributed by atoms with Crippen LogP contribution in [0.4, 0.5) is 0 Å². The molecular formula is C26H31ClN2. The van der Waals surface area contributed by atoms with E-state index < -0.39 is 0 Å². The summed E-state index contributed by atoms with van der Waals surface area (Å²) in [6.45, 7) is 10.5. The maximum Gasteiger partial charge on any atom is 0.0713 e. The van der Waals surface area contributed by atoms with Gasteiger partial charge in [-0.25, -0.2) is 0 Å². The lowest BCUT2D eigenvalue weighted by molar-refractivity contribution is 0.317. The lowest BCUT2D eigenvalue weighted by atomic mass is 9.93. The van der Waals surface area contributed by atoms with Gasteiger partial charge in [-0.3, -0.25) is 9.88 Å². The molecule has 152 valence electrons. The third-order valence-corrected chi connectivity index (χ3v) is 5.81. The molecule has 0 aliphatic carbocycles. The Kier molecular flexibility index (Phi) is 7.10. The third kappa shape index (κ3) is 5.07. The predicted molar refractivity (Wildman–Crippen MR) is 125 cm³/mol. The molecule has 1 heterocycles. The van der Waals surface area contributed by atoms with E-state index in [0.29, 0.717) is 0 Å². The van der Waals surface area contributed by atoms with Crippen molar-refractivity contribution in [3.63, 3.8) is 0 Å². The summed E-state index contributed by atoms with van der Waals surface area (Å²) in [4.78, 5) is 7.37. The van der Waals surface area contributed by atoms with Gasteiger partial charge in [-0.1, -0.05) is 55.8 Å². The van der Waals surface area contributed by atoms with Gasteiger partial charge in [0, 0.05) is 29.4 Å². The van der Waals surface area contributed by atoms with Gasteiger partial charge in [-0.05, 0) is 79.8 Å². The van der Waals surface area contributed by atoms with Gasteiger partial charge in [-0.2, -0.15) is 0 Å². The van der Waals surface area contributed by atoms with E-state index >= 15 is 0 Å². The van der Waals surface area contributed by atoms with Gasteiger partial charge in [0.05, 0.1) is 5.69 Å². The van der Waals surface area contributed by atoms with E-state index in [1.165, 1.54) is 33.4 Å². The number of halogens is 1. The summed E-state index contributed by atoms with van der Waals surface area (Å²) in [5.74, 6) is 0. The fraction of sp³-hybridized carbons (Fsp3) is 0.346. The van der Waals surface area contributed by atoms with Crippen molar-refractivity contribution in [3.05, 3.63) is 87.1 Å². The van der Waals surface area contributed by atoms with Crippen molar-refractivity contribution in [1.29, 1.82) is 0 Å². The van der Waals surface area contributed by atoms with Crippen LogP contribution in [0, 0.1) is 13.8 Å². The molecule has 3 rings (SSSR count). The van der Waals surface area contributed by atoms with Crippen molar-refractivity contribution in [3.8, 4) is 11.3 Å². The SMILES string of the molecule is CCc1cccc(CC)c1-c1cc(C)c(CN(C)Cc2cccc(Cl)c2)c(C)n1.